The van der Waals surface area contributed by atoms with Gasteiger partial charge in [-0.1, -0.05) is 145 Å². The van der Waals surface area contributed by atoms with E-state index in [1.165, 1.54) is 51.4 Å². The Kier molecular flexibility index (Phi) is 34.8. The van der Waals surface area contributed by atoms with Gasteiger partial charge in [0.2, 0.25) is 0 Å². The largest absolute Gasteiger partial charge is 0.756 e. The lowest BCUT2D eigenvalue weighted by Crippen LogP contribution is -2.37. The lowest BCUT2D eigenvalue weighted by molar-refractivity contribution is -0.870. The van der Waals surface area contributed by atoms with Crippen molar-refractivity contribution in [3.63, 3.8) is 0 Å². The number of carbonyl (C=O) groups is 2. The molecule has 0 saturated heterocycles. The fraction of sp³-hybridized carbons (Fsp3) is 0.727. The molecule has 0 N–H and O–H groups in total. The zero-order valence-corrected chi connectivity index (χ0v) is 35.8. The van der Waals surface area contributed by atoms with Crippen LogP contribution in [0.5, 0.6) is 0 Å². The van der Waals surface area contributed by atoms with Crippen molar-refractivity contribution in [1.82, 2.24) is 0 Å². The van der Waals surface area contributed by atoms with Crippen molar-refractivity contribution in [2.75, 3.05) is 47.5 Å². The second-order valence-electron chi connectivity index (χ2n) is 15.0. The van der Waals surface area contributed by atoms with Gasteiger partial charge >= 0.3 is 11.9 Å². The number of nitrogens with zero attached hydrogens (tertiary/aromatic N) is 1. The first-order valence-corrected chi connectivity index (χ1v) is 22.5. The number of carbonyl (C=O) groups excluding carboxylic acids is 2. The standard InChI is InChI=1S/C44H78NO8P/c1-6-8-10-12-14-16-18-19-20-21-22-23-24-25-27-29-31-33-35-37-44(47)53-42(41-52-54(48,49)51-39-38-45(3,4)5)40-50-43(46)36-34-32-30-28-26-17-15-13-11-9-7-2/h8,10,14,16,19-20,22-23,25,27,42H,6-7,9,11-13,15,17-18,21,24,26,28-41H2,1-5H3/b10-8+,16-14+,20-19+,23-22+,27-25+/t42-/m1/s1. The Labute approximate surface area is 330 Å². The number of hydrogen-bond acceptors (Lipinski definition) is 8. The minimum absolute atomic E-state index is 0.0394. The van der Waals surface area contributed by atoms with Gasteiger partial charge in [-0.05, 0) is 57.8 Å². The number of allylic oxidation sites excluding steroid dienone is 10. The van der Waals surface area contributed by atoms with Gasteiger partial charge < -0.3 is 27.9 Å². The summed E-state index contributed by atoms with van der Waals surface area (Å²) in [6.07, 6.45) is 42.5. The molecule has 0 aliphatic heterocycles. The van der Waals surface area contributed by atoms with Crippen molar-refractivity contribution in [2.45, 2.75) is 161 Å². The number of phosphoric acid groups is 1. The number of ether oxygens (including phenoxy) is 2. The van der Waals surface area contributed by atoms with Crippen LogP contribution in [0.2, 0.25) is 0 Å². The maximum Gasteiger partial charge on any atom is 0.306 e. The molecule has 0 radical (unpaired) electrons. The van der Waals surface area contributed by atoms with Crippen molar-refractivity contribution < 1.29 is 42.1 Å². The molecule has 0 aliphatic rings. The summed E-state index contributed by atoms with van der Waals surface area (Å²) in [5.74, 6) is -0.877. The summed E-state index contributed by atoms with van der Waals surface area (Å²) in [5, 5.41) is 0. The van der Waals surface area contributed by atoms with Crippen LogP contribution in [0.1, 0.15) is 155 Å². The third kappa shape index (κ3) is 39.4. The van der Waals surface area contributed by atoms with E-state index in [1.54, 1.807) is 0 Å². The summed E-state index contributed by atoms with van der Waals surface area (Å²) in [4.78, 5) is 37.4. The van der Waals surface area contributed by atoms with Crippen LogP contribution in [0.4, 0.5) is 0 Å². The highest BCUT2D eigenvalue weighted by Gasteiger charge is 2.21. The van der Waals surface area contributed by atoms with E-state index >= 15 is 0 Å². The predicted octanol–water partition coefficient (Wildman–Crippen LogP) is 11.1. The summed E-state index contributed by atoms with van der Waals surface area (Å²) in [5.41, 5.74) is 0. The average molecular weight is 780 g/mol. The number of hydrogen-bond donors (Lipinski definition) is 0. The highest BCUT2D eigenvalue weighted by molar-refractivity contribution is 7.45. The number of rotatable bonds is 37. The van der Waals surface area contributed by atoms with Gasteiger partial charge in [-0.2, -0.15) is 0 Å². The quantitative estimate of drug-likeness (QED) is 0.0201. The Morgan fingerprint density at radius 3 is 1.57 bits per heavy atom. The van der Waals surface area contributed by atoms with Gasteiger partial charge in [-0.25, -0.2) is 0 Å². The van der Waals surface area contributed by atoms with Crippen LogP contribution in [0.25, 0.3) is 0 Å². The van der Waals surface area contributed by atoms with E-state index in [0.717, 1.165) is 70.6 Å². The second kappa shape index (κ2) is 36.4. The molecule has 312 valence electrons. The van der Waals surface area contributed by atoms with Gasteiger partial charge in [0, 0.05) is 12.8 Å². The zero-order chi connectivity index (χ0) is 40.0. The average Bonchev–Trinajstić information content (AvgIpc) is 3.12. The van der Waals surface area contributed by atoms with Crippen molar-refractivity contribution >= 4 is 19.8 Å². The van der Waals surface area contributed by atoms with Gasteiger partial charge in [-0.15, -0.1) is 0 Å². The fourth-order valence-corrected chi connectivity index (χ4v) is 6.00. The molecule has 0 fully saturated rings. The van der Waals surface area contributed by atoms with Crippen LogP contribution < -0.4 is 4.89 Å². The summed E-state index contributed by atoms with van der Waals surface area (Å²) < 4.78 is 33.8. The molecule has 0 spiro atoms. The van der Waals surface area contributed by atoms with E-state index in [2.05, 4.69) is 74.6 Å². The summed E-state index contributed by atoms with van der Waals surface area (Å²) in [7, 11) is 1.13. The molecule has 0 aromatic carbocycles. The van der Waals surface area contributed by atoms with Crippen LogP contribution in [0.15, 0.2) is 60.8 Å². The minimum atomic E-state index is -4.63. The fourth-order valence-electron chi connectivity index (χ4n) is 5.27. The molecule has 0 rings (SSSR count). The summed E-state index contributed by atoms with van der Waals surface area (Å²) in [6, 6.07) is 0. The van der Waals surface area contributed by atoms with Crippen LogP contribution in [0.3, 0.4) is 0 Å². The molecule has 9 nitrogen and oxygen atoms in total. The molecule has 0 bridgehead atoms. The van der Waals surface area contributed by atoms with Gasteiger partial charge in [0.05, 0.1) is 27.7 Å². The molecule has 0 aromatic heterocycles. The predicted molar refractivity (Wildman–Crippen MR) is 222 cm³/mol. The normalized spacial score (nSPS) is 14.3. The third-order valence-corrected chi connectivity index (χ3v) is 9.52. The SMILES string of the molecule is CC/C=C/C/C=C/C/C=C/C/C=C/C/C=C/CCCCCC(=O)O[C@H](COC(=O)CCCCCCCCCCCCC)COP(=O)([O-])OCC[N+](C)(C)C. The number of esters is 2. The van der Waals surface area contributed by atoms with Gasteiger partial charge in [0.15, 0.2) is 6.10 Å². The van der Waals surface area contributed by atoms with Crippen molar-refractivity contribution in [1.29, 1.82) is 0 Å². The molecule has 0 amide bonds. The zero-order valence-electron chi connectivity index (χ0n) is 34.9. The number of unbranched alkanes of at least 4 members (excludes halogenated alkanes) is 13. The lowest BCUT2D eigenvalue weighted by atomic mass is 10.1. The van der Waals surface area contributed by atoms with E-state index in [9.17, 15) is 19.0 Å². The Morgan fingerprint density at radius 2 is 1.06 bits per heavy atom. The van der Waals surface area contributed by atoms with Gasteiger partial charge in [0.1, 0.15) is 19.8 Å². The van der Waals surface area contributed by atoms with E-state index in [1.807, 2.05) is 21.1 Å². The molecule has 1 unspecified atom stereocenters. The summed E-state index contributed by atoms with van der Waals surface area (Å²) >= 11 is 0. The van der Waals surface area contributed by atoms with Crippen LogP contribution in [-0.4, -0.2) is 70.0 Å². The minimum Gasteiger partial charge on any atom is -0.756 e. The van der Waals surface area contributed by atoms with Gasteiger partial charge in [0.25, 0.3) is 7.82 Å². The molecular weight excluding hydrogens is 701 g/mol. The lowest BCUT2D eigenvalue weighted by Gasteiger charge is -2.28. The highest BCUT2D eigenvalue weighted by Crippen LogP contribution is 2.38. The molecule has 0 aliphatic carbocycles. The number of phosphoric ester groups is 1. The topological polar surface area (TPSA) is 111 Å². The molecule has 10 heteroatoms. The monoisotopic (exact) mass is 780 g/mol. The Hall–Kier alpha value is -2.29. The first kappa shape index (κ1) is 51.7. The maximum absolute atomic E-state index is 12.6. The van der Waals surface area contributed by atoms with Crippen LogP contribution in [-0.2, 0) is 32.7 Å². The molecule has 2 atom stereocenters. The van der Waals surface area contributed by atoms with E-state index in [0.29, 0.717) is 17.4 Å². The van der Waals surface area contributed by atoms with Crippen molar-refractivity contribution in [3.05, 3.63) is 60.8 Å². The van der Waals surface area contributed by atoms with Crippen molar-refractivity contribution in [2.24, 2.45) is 0 Å². The molecule has 0 saturated carbocycles. The Morgan fingerprint density at radius 1 is 0.593 bits per heavy atom. The highest BCUT2D eigenvalue weighted by atomic mass is 31.2. The van der Waals surface area contributed by atoms with Gasteiger partial charge in [-0.3, -0.25) is 14.2 Å². The molecule has 54 heavy (non-hydrogen) atoms. The molecular formula is C44H78NO8P. The first-order chi connectivity index (χ1) is 26.0. The summed E-state index contributed by atoms with van der Waals surface area (Å²) in [6.45, 7) is 4.05. The smallest absolute Gasteiger partial charge is 0.306 e. The van der Waals surface area contributed by atoms with Crippen LogP contribution in [0, 0.1) is 0 Å². The number of likely N-dealkylation sites (N-methyl/N-ethyl adjacent to an activating group) is 1. The Balaban J connectivity index is 4.45. The van der Waals surface area contributed by atoms with Crippen molar-refractivity contribution in [3.8, 4) is 0 Å². The van der Waals surface area contributed by atoms with E-state index < -0.39 is 32.5 Å². The molecule has 0 aromatic rings. The number of quaternary nitrogens is 1. The maximum atomic E-state index is 12.6. The second-order valence-corrected chi connectivity index (χ2v) is 16.4. The first-order valence-electron chi connectivity index (χ1n) is 21.0. The Bertz CT molecular complexity index is 1110. The third-order valence-electron chi connectivity index (χ3n) is 8.55. The van der Waals surface area contributed by atoms with Crippen LogP contribution >= 0.6 is 7.82 Å². The van der Waals surface area contributed by atoms with E-state index in [4.69, 9.17) is 18.5 Å². The molecule has 0 heterocycles. The van der Waals surface area contributed by atoms with E-state index in [-0.39, 0.29) is 26.1 Å².